The van der Waals surface area contributed by atoms with Gasteiger partial charge >= 0.3 is 30.8 Å². The summed E-state index contributed by atoms with van der Waals surface area (Å²) >= 11 is -1.44. The van der Waals surface area contributed by atoms with Gasteiger partial charge in [0.2, 0.25) is 0 Å². The van der Waals surface area contributed by atoms with E-state index in [1.54, 1.807) is 0 Å². The van der Waals surface area contributed by atoms with Gasteiger partial charge in [0.15, 0.2) is 0 Å². The van der Waals surface area contributed by atoms with E-state index in [9.17, 15) is 0 Å². The molecule has 0 aromatic carbocycles. The first-order chi connectivity index (χ1) is 2.83. The molecule has 0 fully saturated rings. The fraction of sp³-hybridized carbons (Fsp3) is 1.00. The van der Waals surface area contributed by atoms with Gasteiger partial charge in [0.25, 0.3) is 0 Å². The summed E-state index contributed by atoms with van der Waals surface area (Å²) in [7, 11) is -1.42. The third kappa shape index (κ3) is 991. The standard InChI is InChI=1S/2CH4.Li.Mn.HO2P.2O/c;;;;1-3-2;;/h2*1H4;;;3H;;. The average molecular weight is 190 g/mol. The molecule has 9 heavy (non-hydrogen) atoms. The Morgan fingerprint density at radius 2 is 1.00 bits per heavy atom. The van der Waals surface area contributed by atoms with Crippen molar-refractivity contribution in [3.63, 3.8) is 0 Å². The first kappa shape index (κ1) is 33.5. The first-order valence-electron chi connectivity index (χ1n) is 0.717. The van der Waals surface area contributed by atoms with Crippen LogP contribution in [-0.4, -0.2) is 18.9 Å². The zero-order chi connectivity index (χ0) is 5.41. The molecule has 0 N–H and O–H groups in total. The van der Waals surface area contributed by atoms with Gasteiger partial charge in [0.1, 0.15) is 0 Å². The van der Waals surface area contributed by atoms with Crippen molar-refractivity contribution in [2.45, 2.75) is 14.9 Å². The van der Waals surface area contributed by atoms with Gasteiger partial charge in [-0.25, -0.2) is 9.13 Å². The quantitative estimate of drug-likeness (QED) is 0.422. The van der Waals surface area contributed by atoms with Gasteiger partial charge in [-0.2, -0.15) is 0 Å². The normalized spacial score (nSPS) is 2.67. The van der Waals surface area contributed by atoms with Crippen molar-refractivity contribution in [3.8, 4) is 0 Å². The Morgan fingerprint density at radius 3 is 1.00 bits per heavy atom. The number of hydrogen-bond donors (Lipinski definition) is 0. The van der Waals surface area contributed by atoms with Gasteiger partial charge in [0, 0.05) is 18.9 Å². The molecule has 0 saturated carbocycles. The Balaban J connectivity index is -0.00000000889. The van der Waals surface area contributed by atoms with Gasteiger partial charge in [-0.3, -0.25) is 0 Å². The molecular weight excluding hydrogens is 181 g/mol. The van der Waals surface area contributed by atoms with Crippen LogP contribution in [0.2, 0.25) is 0 Å². The molecule has 0 aliphatic rings. The SMILES string of the molecule is C.C.O=[PH]=O.[Li].[O]=[Mn]=[O]. The Kier molecular flexibility index (Phi) is 272. The van der Waals surface area contributed by atoms with E-state index >= 15 is 0 Å². The van der Waals surface area contributed by atoms with Gasteiger partial charge in [-0.15, -0.1) is 0 Å². The number of rotatable bonds is 0. The zero-order valence-corrected chi connectivity index (χ0v) is 5.69. The molecule has 7 heteroatoms. The predicted molar refractivity (Wildman–Crippen MR) is 30.3 cm³/mol. The van der Waals surface area contributed by atoms with Crippen LogP contribution >= 0.6 is 8.34 Å². The van der Waals surface area contributed by atoms with E-state index in [0.717, 1.165) is 0 Å². The average Bonchev–Trinajstić information content (AvgIpc) is 1.39. The predicted octanol–water partition coefficient (Wildman–Crippen LogP) is 1.01. The molecule has 0 aromatic heterocycles. The van der Waals surface area contributed by atoms with Gasteiger partial charge in [0.05, 0.1) is 0 Å². The second-order valence-corrected chi connectivity index (χ2v) is 0.510. The van der Waals surface area contributed by atoms with Crippen LogP contribution < -0.4 is 0 Å². The first-order valence-corrected chi connectivity index (χ1v) is 2.50. The third-order valence-corrected chi connectivity index (χ3v) is 0. The molecule has 0 spiro atoms. The summed E-state index contributed by atoms with van der Waals surface area (Å²) in [5, 5.41) is 0. The maximum absolute atomic E-state index is 8.41. The Bertz CT molecular complexity index is 72.6. The monoisotopic (exact) mass is 190 g/mol. The second-order valence-electron chi connectivity index (χ2n) is 0.146. The minimum absolute atomic E-state index is 0. The molecule has 0 amide bonds. The Morgan fingerprint density at radius 1 is 1.00 bits per heavy atom. The van der Waals surface area contributed by atoms with E-state index in [4.69, 9.17) is 16.8 Å². The van der Waals surface area contributed by atoms with Crippen LogP contribution in [0.25, 0.3) is 0 Å². The molecule has 4 nitrogen and oxygen atoms in total. The van der Waals surface area contributed by atoms with Crippen molar-refractivity contribution < 1.29 is 31.6 Å². The Hall–Kier alpha value is 0.617. The zero-order valence-electron chi connectivity index (χ0n) is 3.51. The molecule has 0 rings (SSSR count). The van der Waals surface area contributed by atoms with E-state index in [1.165, 1.54) is 0 Å². The van der Waals surface area contributed by atoms with E-state index in [1.807, 2.05) is 0 Å². The molecule has 0 saturated heterocycles. The molecule has 0 aliphatic heterocycles. The molecule has 0 aliphatic carbocycles. The van der Waals surface area contributed by atoms with Crippen molar-refractivity contribution in [3.05, 3.63) is 0 Å². The summed E-state index contributed by atoms with van der Waals surface area (Å²) in [4.78, 5) is 0. The molecule has 0 atom stereocenters. The van der Waals surface area contributed by atoms with Crippen LogP contribution in [0.4, 0.5) is 0 Å². The van der Waals surface area contributed by atoms with Gasteiger partial charge in [-0.05, 0) is 0 Å². The minimum atomic E-state index is -1.44. The van der Waals surface area contributed by atoms with E-state index in [2.05, 4.69) is 0 Å². The summed E-state index contributed by atoms with van der Waals surface area (Å²) in [5.41, 5.74) is 0. The maximum atomic E-state index is 8.41. The van der Waals surface area contributed by atoms with Crippen molar-refractivity contribution in [1.82, 2.24) is 0 Å². The molecule has 1 radical (unpaired) electrons. The van der Waals surface area contributed by atoms with Crippen LogP contribution in [0.5, 0.6) is 0 Å². The van der Waals surface area contributed by atoms with Crippen LogP contribution in [-0.2, 0) is 31.6 Å². The molecule has 0 unspecified atom stereocenters. The van der Waals surface area contributed by atoms with E-state index in [-0.39, 0.29) is 33.7 Å². The van der Waals surface area contributed by atoms with Gasteiger partial charge in [-0.1, -0.05) is 14.9 Å². The summed E-state index contributed by atoms with van der Waals surface area (Å²) in [6, 6.07) is 0. The van der Waals surface area contributed by atoms with Crippen molar-refractivity contribution in [2.75, 3.05) is 0 Å². The molecule has 0 bridgehead atoms. The van der Waals surface area contributed by atoms with Crippen LogP contribution in [0.1, 0.15) is 14.9 Å². The molecule has 0 heterocycles. The van der Waals surface area contributed by atoms with Crippen LogP contribution in [0.15, 0.2) is 0 Å². The van der Waals surface area contributed by atoms with Crippen LogP contribution in [0.3, 0.4) is 0 Å². The van der Waals surface area contributed by atoms with Crippen molar-refractivity contribution in [2.24, 2.45) is 0 Å². The van der Waals surface area contributed by atoms with Crippen molar-refractivity contribution in [1.29, 1.82) is 0 Å². The summed E-state index contributed by atoms with van der Waals surface area (Å²) in [6.45, 7) is 0. The fourth-order valence-corrected chi connectivity index (χ4v) is 0. The topological polar surface area (TPSA) is 68.3 Å². The van der Waals surface area contributed by atoms with E-state index < -0.39 is 23.2 Å². The summed E-state index contributed by atoms with van der Waals surface area (Å²) in [5.74, 6) is 0. The Labute approximate surface area is 73.8 Å². The fourth-order valence-electron chi connectivity index (χ4n) is 0. The van der Waals surface area contributed by atoms with Crippen LogP contribution in [0, 0.1) is 0 Å². The second kappa shape index (κ2) is 73.0. The van der Waals surface area contributed by atoms with Gasteiger partial charge < -0.3 is 0 Å². The molecule has 54 valence electrons. The molecule has 0 aromatic rings. The summed E-state index contributed by atoms with van der Waals surface area (Å²) in [6.07, 6.45) is 0. The van der Waals surface area contributed by atoms with Crippen molar-refractivity contribution >= 4 is 27.2 Å². The number of hydrogen-bond acceptors (Lipinski definition) is 4. The summed E-state index contributed by atoms with van der Waals surface area (Å²) < 4.78 is 33.6. The molecular formula is C2H9LiMnO4P. The third-order valence-electron chi connectivity index (χ3n) is 0. The van der Waals surface area contributed by atoms with E-state index in [0.29, 0.717) is 0 Å².